The van der Waals surface area contributed by atoms with Crippen LogP contribution >= 0.6 is 0 Å². The largest absolute Gasteiger partial charge is 0.394 e. The van der Waals surface area contributed by atoms with E-state index in [-0.39, 0.29) is 12.1 Å². The Morgan fingerprint density at radius 2 is 2.00 bits per heavy atom. The van der Waals surface area contributed by atoms with Crippen LogP contribution in [0.15, 0.2) is 0 Å². The third-order valence-electron chi connectivity index (χ3n) is 3.87. The average molecular weight is 257 g/mol. The third-order valence-corrected chi connectivity index (χ3v) is 3.87. The average Bonchev–Trinajstić information content (AvgIpc) is 3.20. The Kier molecular flexibility index (Phi) is 5.42. The minimum atomic E-state index is -0.125. The molecule has 0 amide bonds. The first-order chi connectivity index (χ1) is 8.72. The van der Waals surface area contributed by atoms with Gasteiger partial charge < -0.3 is 19.9 Å². The number of aliphatic hydroxyl groups excluding tert-OH is 1. The van der Waals surface area contributed by atoms with E-state index in [9.17, 15) is 5.11 Å². The molecule has 18 heavy (non-hydrogen) atoms. The van der Waals surface area contributed by atoms with E-state index in [2.05, 4.69) is 12.2 Å². The van der Waals surface area contributed by atoms with E-state index in [0.29, 0.717) is 12.1 Å². The molecule has 2 N–H and O–H groups in total. The van der Waals surface area contributed by atoms with Gasteiger partial charge in [-0.15, -0.1) is 0 Å². The molecule has 2 fully saturated rings. The lowest BCUT2D eigenvalue weighted by Crippen LogP contribution is -2.47. The molecule has 2 aliphatic rings. The summed E-state index contributed by atoms with van der Waals surface area (Å²) in [6.07, 6.45) is 6.94. The summed E-state index contributed by atoms with van der Waals surface area (Å²) in [7, 11) is 0. The summed E-state index contributed by atoms with van der Waals surface area (Å²) in [4.78, 5) is 0. The second-order valence-electron chi connectivity index (χ2n) is 5.92. The van der Waals surface area contributed by atoms with Crippen LogP contribution in [0.25, 0.3) is 0 Å². The van der Waals surface area contributed by atoms with Gasteiger partial charge in [0.15, 0.2) is 0 Å². The Morgan fingerprint density at radius 3 is 2.61 bits per heavy atom. The quantitative estimate of drug-likeness (QED) is 0.647. The minimum Gasteiger partial charge on any atom is -0.394 e. The number of ether oxygens (including phenoxy) is 2. The second-order valence-corrected chi connectivity index (χ2v) is 5.92. The fourth-order valence-electron chi connectivity index (χ4n) is 2.47. The van der Waals surface area contributed by atoms with Gasteiger partial charge in [0.2, 0.25) is 0 Å². The maximum absolute atomic E-state index is 9.49. The van der Waals surface area contributed by atoms with Crippen LogP contribution in [0, 0.1) is 0 Å². The molecule has 1 saturated heterocycles. The highest BCUT2D eigenvalue weighted by molar-refractivity contribution is 4.92. The molecule has 1 atom stereocenters. The zero-order valence-electron chi connectivity index (χ0n) is 11.5. The molecule has 0 spiro atoms. The Morgan fingerprint density at radius 1 is 1.28 bits per heavy atom. The van der Waals surface area contributed by atoms with Crippen LogP contribution in [0.5, 0.6) is 0 Å². The fourth-order valence-corrected chi connectivity index (χ4v) is 2.47. The molecule has 0 aromatic heterocycles. The van der Waals surface area contributed by atoms with Crippen molar-refractivity contribution in [1.29, 1.82) is 0 Å². The van der Waals surface area contributed by atoms with Gasteiger partial charge in [0, 0.05) is 31.4 Å². The van der Waals surface area contributed by atoms with Crippen LogP contribution in [0.3, 0.4) is 0 Å². The monoisotopic (exact) mass is 257 g/mol. The predicted octanol–water partition coefficient (Wildman–Crippen LogP) is 1.47. The van der Waals surface area contributed by atoms with Crippen molar-refractivity contribution in [2.24, 2.45) is 0 Å². The summed E-state index contributed by atoms with van der Waals surface area (Å²) >= 11 is 0. The minimum absolute atomic E-state index is 0.125. The lowest BCUT2D eigenvalue weighted by atomic mass is 9.97. The van der Waals surface area contributed by atoms with Gasteiger partial charge in [-0.05, 0) is 45.4 Å². The molecule has 1 saturated carbocycles. The van der Waals surface area contributed by atoms with Crippen LogP contribution in [0.4, 0.5) is 0 Å². The van der Waals surface area contributed by atoms with Crippen LogP contribution in [-0.2, 0) is 9.47 Å². The molecule has 1 unspecified atom stereocenters. The van der Waals surface area contributed by atoms with Crippen LogP contribution in [0.1, 0.15) is 45.4 Å². The van der Waals surface area contributed by atoms with E-state index in [1.54, 1.807) is 0 Å². The first-order valence-electron chi connectivity index (χ1n) is 7.30. The highest BCUT2D eigenvalue weighted by Gasteiger charge is 2.31. The Hall–Kier alpha value is -0.160. The summed E-state index contributed by atoms with van der Waals surface area (Å²) in [6.45, 7) is 4.79. The normalized spacial score (nSPS) is 25.0. The third kappa shape index (κ3) is 4.84. The van der Waals surface area contributed by atoms with E-state index in [1.807, 2.05) is 0 Å². The summed E-state index contributed by atoms with van der Waals surface area (Å²) in [5.74, 6) is 0. The molecule has 4 heteroatoms. The van der Waals surface area contributed by atoms with Gasteiger partial charge in [0.25, 0.3) is 0 Å². The Balaban J connectivity index is 1.57. The first kappa shape index (κ1) is 14.3. The predicted molar refractivity (Wildman–Crippen MR) is 70.7 cm³/mol. The van der Waals surface area contributed by atoms with Crippen molar-refractivity contribution < 1.29 is 14.6 Å². The maximum Gasteiger partial charge on any atom is 0.0619 e. The maximum atomic E-state index is 9.49. The van der Waals surface area contributed by atoms with Crippen molar-refractivity contribution in [1.82, 2.24) is 5.32 Å². The van der Waals surface area contributed by atoms with Gasteiger partial charge in [0.05, 0.1) is 12.7 Å². The molecule has 1 aliphatic heterocycles. The standard InChI is InChI=1S/C14H27NO3/c1-14(11-16,15-12-3-4-12)7-2-8-18-13-5-9-17-10-6-13/h12-13,15-16H,2-11H2,1H3. The van der Waals surface area contributed by atoms with E-state index < -0.39 is 0 Å². The molecule has 0 aromatic carbocycles. The molecule has 1 heterocycles. The lowest BCUT2D eigenvalue weighted by Gasteiger charge is -2.29. The van der Waals surface area contributed by atoms with Crippen LogP contribution in [-0.4, -0.2) is 49.2 Å². The fraction of sp³-hybridized carbons (Fsp3) is 1.00. The second kappa shape index (κ2) is 6.85. The van der Waals surface area contributed by atoms with E-state index in [1.165, 1.54) is 12.8 Å². The first-order valence-corrected chi connectivity index (χ1v) is 7.30. The summed E-state index contributed by atoms with van der Waals surface area (Å²) < 4.78 is 11.2. The van der Waals surface area contributed by atoms with Gasteiger partial charge in [-0.3, -0.25) is 0 Å². The number of hydrogen-bond donors (Lipinski definition) is 2. The van der Waals surface area contributed by atoms with Crippen molar-refractivity contribution >= 4 is 0 Å². The molecule has 106 valence electrons. The Bertz CT molecular complexity index is 239. The summed E-state index contributed by atoms with van der Waals surface area (Å²) in [5, 5.41) is 13.0. The van der Waals surface area contributed by atoms with Gasteiger partial charge in [0.1, 0.15) is 0 Å². The smallest absolute Gasteiger partial charge is 0.0619 e. The summed E-state index contributed by atoms with van der Waals surface area (Å²) in [6, 6.07) is 0.638. The van der Waals surface area contributed by atoms with E-state index >= 15 is 0 Å². The highest BCUT2D eigenvalue weighted by Crippen LogP contribution is 2.24. The van der Waals surface area contributed by atoms with Crippen molar-refractivity contribution in [3.8, 4) is 0 Å². The molecule has 0 radical (unpaired) electrons. The van der Waals surface area contributed by atoms with Gasteiger partial charge in [-0.1, -0.05) is 0 Å². The molecule has 0 bridgehead atoms. The van der Waals surface area contributed by atoms with E-state index in [0.717, 1.165) is 45.5 Å². The number of aliphatic hydroxyl groups is 1. The van der Waals surface area contributed by atoms with Crippen molar-refractivity contribution in [2.45, 2.75) is 63.1 Å². The highest BCUT2D eigenvalue weighted by atomic mass is 16.5. The number of rotatable bonds is 8. The zero-order valence-corrected chi connectivity index (χ0v) is 11.5. The lowest BCUT2D eigenvalue weighted by molar-refractivity contribution is -0.0342. The van der Waals surface area contributed by atoms with Gasteiger partial charge >= 0.3 is 0 Å². The topological polar surface area (TPSA) is 50.7 Å². The molecule has 2 rings (SSSR count). The Labute approximate surface area is 110 Å². The van der Waals surface area contributed by atoms with Gasteiger partial charge in [-0.2, -0.15) is 0 Å². The van der Waals surface area contributed by atoms with Crippen LogP contribution < -0.4 is 5.32 Å². The van der Waals surface area contributed by atoms with Crippen molar-refractivity contribution in [3.05, 3.63) is 0 Å². The summed E-state index contributed by atoms with van der Waals surface area (Å²) in [5.41, 5.74) is -0.125. The molecular formula is C14H27NO3. The molecule has 1 aliphatic carbocycles. The molecule has 0 aromatic rings. The number of nitrogens with one attached hydrogen (secondary N) is 1. The van der Waals surface area contributed by atoms with Crippen LogP contribution in [0.2, 0.25) is 0 Å². The van der Waals surface area contributed by atoms with Crippen molar-refractivity contribution in [3.63, 3.8) is 0 Å². The number of hydrogen-bond acceptors (Lipinski definition) is 4. The SMILES string of the molecule is CC(CO)(CCCOC1CCOCC1)NC1CC1. The van der Waals surface area contributed by atoms with Crippen molar-refractivity contribution in [2.75, 3.05) is 26.4 Å². The van der Waals surface area contributed by atoms with Gasteiger partial charge in [-0.25, -0.2) is 0 Å². The van der Waals surface area contributed by atoms with E-state index in [4.69, 9.17) is 9.47 Å². The molecule has 4 nitrogen and oxygen atoms in total. The molecular weight excluding hydrogens is 230 g/mol. The zero-order chi connectivity index (χ0) is 12.8.